The average Bonchev–Trinajstić information content (AvgIpc) is 2.98. The lowest BCUT2D eigenvalue weighted by Crippen LogP contribution is -2.22. The number of anilines is 2. The molecular weight excluding hydrogens is 336 g/mol. The van der Waals surface area contributed by atoms with E-state index < -0.39 is 0 Å². The number of nitrogens with zero attached hydrogens (tertiary/aromatic N) is 1. The van der Waals surface area contributed by atoms with Crippen LogP contribution in [0.5, 0.6) is 0 Å². The van der Waals surface area contributed by atoms with Gasteiger partial charge >= 0.3 is 0 Å². The molecule has 1 atom stereocenters. The second-order valence-electron chi connectivity index (χ2n) is 5.57. The van der Waals surface area contributed by atoms with Crippen molar-refractivity contribution in [3.63, 3.8) is 0 Å². The van der Waals surface area contributed by atoms with Crippen molar-refractivity contribution in [1.82, 2.24) is 9.97 Å². The predicted octanol–water partition coefficient (Wildman–Crippen LogP) is 3.64. The summed E-state index contributed by atoms with van der Waals surface area (Å²) in [5.41, 5.74) is 3.20. The number of amides is 2. The number of carbonyl (C=O) groups excluding carboxylic acids is 2. The van der Waals surface area contributed by atoms with Crippen molar-refractivity contribution >= 4 is 46.0 Å². The molecule has 0 saturated heterocycles. The van der Waals surface area contributed by atoms with E-state index in [4.69, 9.17) is 0 Å². The van der Waals surface area contributed by atoms with E-state index in [0.29, 0.717) is 16.5 Å². The zero-order valence-electron chi connectivity index (χ0n) is 13.9. The van der Waals surface area contributed by atoms with Gasteiger partial charge in [-0.15, -0.1) is 0 Å². The van der Waals surface area contributed by atoms with Crippen molar-refractivity contribution in [2.45, 2.75) is 24.3 Å². The van der Waals surface area contributed by atoms with Gasteiger partial charge in [0.05, 0.1) is 16.3 Å². The van der Waals surface area contributed by atoms with E-state index in [-0.39, 0.29) is 17.1 Å². The number of aromatic nitrogens is 2. The molecule has 0 spiro atoms. The third-order valence-electron chi connectivity index (χ3n) is 3.50. The molecule has 1 aromatic heterocycles. The van der Waals surface area contributed by atoms with Gasteiger partial charge in [-0.1, -0.05) is 23.9 Å². The number of para-hydroxylation sites is 2. The maximum atomic E-state index is 12.4. The fourth-order valence-electron chi connectivity index (χ4n) is 2.29. The number of thioether (sulfide) groups is 1. The van der Waals surface area contributed by atoms with Gasteiger partial charge in [-0.05, 0) is 43.3 Å². The summed E-state index contributed by atoms with van der Waals surface area (Å²) in [6.45, 7) is 3.28. The SMILES string of the molecule is CC(=O)Nc1ccc(NC(=O)C(C)Sc2nc3ccccc3[nH]2)cc1. The van der Waals surface area contributed by atoms with E-state index in [1.54, 1.807) is 24.3 Å². The third kappa shape index (κ3) is 4.39. The number of benzene rings is 2. The topological polar surface area (TPSA) is 86.9 Å². The summed E-state index contributed by atoms with van der Waals surface area (Å²) in [6, 6.07) is 14.7. The van der Waals surface area contributed by atoms with Crippen LogP contribution in [0.15, 0.2) is 53.7 Å². The van der Waals surface area contributed by atoms with Gasteiger partial charge in [0.25, 0.3) is 0 Å². The molecule has 2 amide bonds. The van der Waals surface area contributed by atoms with Gasteiger partial charge in [-0.3, -0.25) is 9.59 Å². The molecule has 0 aliphatic rings. The van der Waals surface area contributed by atoms with Gasteiger partial charge < -0.3 is 15.6 Å². The molecule has 0 bridgehead atoms. The van der Waals surface area contributed by atoms with Crippen LogP contribution in [-0.4, -0.2) is 27.0 Å². The Bertz CT molecular complexity index is 872. The first-order chi connectivity index (χ1) is 12.0. The van der Waals surface area contributed by atoms with Crippen LogP contribution in [0.25, 0.3) is 11.0 Å². The van der Waals surface area contributed by atoms with E-state index >= 15 is 0 Å². The first-order valence-corrected chi connectivity index (χ1v) is 8.69. The molecule has 1 heterocycles. The fraction of sp³-hybridized carbons (Fsp3) is 0.167. The summed E-state index contributed by atoms with van der Waals surface area (Å²) in [7, 11) is 0. The Morgan fingerprint density at radius 3 is 2.32 bits per heavy atom. The smallest absolute Gasteiger partial charge is 0.237 e. The van der Waals surface area contributed by atoms with Crippen LogP contribution in [0.1, 0.15) is 13.8 Å². The van der Waals surface area contributed by atoms with Crippen LogP contribution in [0.4, 0.5) is 11.4 Å². The minimum absolute atomic E-state index is 0.113. The molecule has 0 saturated carbocycles. The fourth-order valence-corrected chi connectivity index (χ4v) is 3.11. The number of hydrogen-bond acceptors (Lipinski definition) is 4. The van der Waals surface area contributed by atoms with E-state index in [2.05, 4.69) is 20.6 Å². The van der Waals surface area contributed by atoms with E-state index in [0.717, 1.165) is 11.0 Å². The zero-order valence-corrected chi connectivity index (χ0v) is 14.7. The molecule has 3 N–H and O–H groups in total. The lowest BCUT2D eigenvalue weighted by molar-refractivity contribution is -0.115. The number of H-pyrrole nitrogens is 1. The largest absolute Gasteiger partial charge is 0.333 e. The van der Waals surface area contributed by atoms with Gasteiger partial charge in [-0.25, -0.2) is 4.98 Å². The van der Waals surface area contributed by atoms with Crippen molar-refractivity contribution in [3.05, 3.63) is 48.5 Å². The van der Waals surface area contributed by atoms with Crippen LogP contribution < -0.4 is 10.6 Å². The van der Waals surface area contributed by atoms with E-state index in [1.165, 1.54) is 18.7 Å². The van der Waals surface area contributed by atoms with Gasteiger partial charge in [0.1, 0.15) is 0 Å². The number of rotatable bonds is 5. The monoisotopic (exact) mass is 354 g/mol. The molecule has 3 aromatic rings. The first kappa shape index (κ1) is 17.0. The quantitative estimate of drug-likeness (QED) is 0.611. The van der Waals surface area contributed by atoms with Crippen molar-refractivity contribution in [2.24, 2.45) is 0 Å². The van der Waals surface area contributed by atoms with Gasteiger partial charge in [-0.2, -0.15) is 0 Å². The van der Waals surface area contributed by atoms with E-state index in [1.807, 2.05) is 31.2 Å². The summed E-state index contributed by atoms with van der Waals surface area (Å²) < 4.78 is 0. The van der Waals surface area contributed by atoms with Crippen molar-refractivity contribution in [3.8, 4) is 0 Å². The minimum Gasteiger partial charge on any atom is -0.333 e. The average molecular weight is 354 g/mol. The zero-order chi connectivity index (χ0) is 17.8. The highest BCUT2D eigenvalue weighted by Gasteiger charge is 2.16. The van der Waals surface area contributed by atoms with Crippen molar-refractivity contribution in [2.75, 3.05) is 10.6 Å². The highest BCUT2D eigenvalue weighted by atomic mass is 32.2. The maximum Gasteiger partial charge on any atom is 0.237 e. The molecule has 3 rings (SSSR count). The third-order valence-corrected chi connectivity index (χ3v) is 4.48. The highest BCUT2D eigenvalue weighted by molar-refractivity contribution is 8.00. The van der Waals surface area contributed by atoms with Crippen LogP contribution in [-0.2, 0) is 9.59 Å². The Balaban J connectivity index is 1.61. The Hall–Kier alpha value is -2.80. The molecule has 25 heavy (non-hydrogen) atoms. The molecule has 128 valence electrons. The molecule has 6 nitrogen and oxygen atoms in total. The Labute approximate surface area is 149 Å². The number of fused-ring (bicyclic) bond motifs is 1. The highest BCUT2D eigenvalue weighted by Crippen LogP contribution is 2.24. The van der Waals surface area contributed by atoms with Crippen molar-refractivity contribution in [1.29, 1.82) is 0 Å². The van der Waals surface area contributed by atoms with Gasteiger partial charge in [0.2, 0.25) is 11.8 Å². The Morgan fingerprint density at radius 1 is 1.04 bits per heavy atom. The number of nitrogens with one attached hydrogen (secondary N) is 3. The van der Waals surface area contributed by atoms with E-state index in [9.17, 15) is 9.59 Å². The van der Waals surface area contributed by atoms with Crippen molar-refractivity contribution < 1.29 is 9.59 Å². The molecule has 0 aliphatic carbocycles. The van der Waals surface area contributed by atoms with Gasteiger partial charge in [0.15, 0.2) is 5.16 Å². The molecule has 7 heteroatoms. The summed E-state index contributed by atoms with van der Waals surface area (Å²) in [5.74, 6) is -0.245. The number of carbonyl (C=O) groups is 2. The lowest BCUT2D eigenvalue weighted by Gasteiger charge is -2.11. The maximum absolute atomic E-state index is 12.4. The molecule has 0 aliphatic heterocycles. The Morgan fingerprint density at radius 2 is 1.68 bits per heavy atom. The summed E-state index contributed by atoms with van der Waals surface area (Å²) in [6.07, 6.45) is 0. The molecular formula is C18H18N4O2S. The molecule has 0 fully saturated rings. The van der Waals surface area contributed by atoms with Crippen LogP contribution in [0.2, 0.25) is 0 Å². The van der Waals surface area contributed by atoms with Crippen LogP contribution in [0, 0.1) is 0 Å². The van der Waals surface area contributed by atoms with Crippen LogP contribution in [0.3, 0.4) is 0 Å². The van der Waals surface area contributed by atoms with Crippen LogP contribution >= 0.6 is 11.8 Å². The molecule has 1 unspecified atom stereocenters. The standard InChI is InChI=1S/C18H18N4O2S/c1-11(25-18-21-15-5-3-4-6-16(15)22-18)17(24)20-14-9-7-13(8-10-14)19-12(2)23/h3-11H,1-2H3,(H,19,23)(H,20,24)(H,21,22). The summed E-state index contributed by atoms with van der Waals surface area (Å²) in [4.78, 5) is 31.0. The summed E-state index contributed by atoms with van der Waals surface area (Å²) in [5, 5.41) is 5.95. The molecule has 2 aromatic carbocycles. The second kappa shape index (κ2) is 7.40. The lowest BCUT2D eigenvalue weighted by atomic mass is 10.2. The number of hydrogen-bond donors (Lipinski definition) is 3. The number of imidazole rings is 1. The Kier molecular flexibility index (Phi) is 5.04. The summed E-state index contributed by atoms with van der Waals surface area (Å²) >= 11 is 1.37. The minimum atomic E-state index is -0.310. The number of aromatic amines is 1. The van der Waals surface area contributed by atoms with Gasteiger partial charge in [0, 0.05) is 18.3 Å². The molecule has 0 radical (unpaired) electrons. The predicted molar refractivity (Wildman–Crippen MR) is 101 cm³/mol. The first-order valence-electron chi connectivity index (χ1n) is 7.81. The second-order valence-corrected chi connectivity index (χ2v) is 6.90. The normalized spacial score (nSPS) is 11.9.